The van der Waals surface area contributed by atoms with Crippen molar-refractivity contribution in [2.24, 2.45) is 0 Å². The summed E-state index contributed by atoms with van der Waals surface area (Å²) in [5.41, 5.74) is 6.20. The van der Waals surface area contributed by atoms with Crippen LogP contribution in [0.3, 0.4) is 0 Å². The van der Waals surface area contributed by atoms with E-state index in [-0.39, 0.29) is 29.7 Å². The Kier molecular flexibility index (Phi) is 3.05. The zero-order valence-corrected chi connectivity index (χ0v) is 12.3. The fourth-order valence-corrected chi connectivity index (χ4v) is 3.08. The molecule has 3 rings (SSSR count). The van der Waals surface area contributed by atoms with Gasteiger partial charge in [-0.3, -0.25) is 29.4 Å². The van der Waals surface area contributed by atoms with Gasteiger partial charge in [-0.2, -0.15) is 0 Å². The predicted octanol–water partition coefficient (Wildman–Crippen LogP) is 0.432. The summed E-state index contributed by atoms with van der Waals surface area (Å²) in [5.74, 6) is -2.24. The molecular formula is C13H10BrN3O4. The summed E-state index contributed by atoms with van der Waals surface area (Å²) in [7, 11) is 0. The molecule has 1 saturated heterocycles. The van der Waals surface area contributed by atoms with Crippen molar-refractivity contribution in [3.63, 3.8) is 0 Å². The molecule has 0 spiro atoms. The van der Waals surface area contributed by atoms with E-state index in [1.807, 2.05) is 0 Å². The molecule has 21 heavy (non-hydrogen) atoms. The van der Waals surface area contributed by atoms with Crippen LogP contribution >= 0.6 is 15.9 Å². The molecule has 0 aliphatic carbocycles. The maximum atomic E-state index is 12.5. The fraction of sp³-hybridized carbons (Fsp3) is 0.231. The monoisotopic (exact) mass is 351 g/mol. The molecule has 0 bridgehead atoms. The van der Waals surface area contributed by atoms with Gasteiger partial charge in [0.15, 0.2) is 0 Å². The lowest BCUT2D eigenvalue weighted by Gasteiger charge is -2.27. The van der Waals surface area contributed by atoms with E-state index in [9.17, 15) is 19.2 Å². The second-order valence-corrected chi connectivity index (χ2v) is 5.69. The summed E-state index contributed by atoms with van der Waals surface area (Å²) in [6.07, 6.45) is 0.203. The zero-order valence-electron chi connectivity index (χ0n) is 10.7. The Morgan fingerprint density at radius 2 is 1.81 bits per heavy atom. The minimum Gasteiger partial charge on any atom is -0.398 e. The summed E-state index contributed by atoms with van der Waals surface area (Å²) < 4.78 is 0.444. The number of nitrogens with one attached hydrogen (secondary N) is 1. The second kappa shape index (κ2) is 4.66. The SMILES string of the molecule is Nc1ccc(Br)c2c1C(=O)N(C1CCC(=O)NC1=O)C2=O. The van der Waals surface area contributed by atoms with Crippen LogP contribution in [-0.2, 0) is 9.59 Å². The number of carbonyl (C=O) groups is 4. The topological polar surface area (TPSA) is 110 Å². The normalized spacial score (nSPS) is 21.6. The Hall–Kier alpha value is -2.22. The van der Waals surface area contributed by atoms with Crippen molar-refractivity contribution in [1.29, 1.82) is 0 Å². The number of nitrogen functional groups attached to an aromatic ring is 1. The highest BCUT2D eigenvalue weighted by molar-refractivity contribution is 9.10. The van der Waals surface area contributed by atoms with E-state index in [1.165, 1.54) is 6.07 Å². The van der Waals surface area contributed by atoms with Crippen molar-refractivity contribution < 1.29 is 19.2 Å². The Labute approximate surface area is 127 Å². The number of nitrogens with zero attached hydrogens (tertiary/aromatic N) is 1. The molecule has 1 atom stereocenters. The predicted molar refractivity (Wildman–Crippen MR) is 75.2 cm³/mol. The highest BCUT2D eigenvalue weighted by atomic mass is 79.9. The molecule has 1 aromatic rings. The lowest BCUT2D eigenvalue weighted by atomic mass is 10.0. The van der Waals surface area contributed by atoms with Crippen LogP contribution in [0.2, 0.25) is 0 Å². The number of rotatable bonds is 1. The van der Waals surface area contributed by atoms with Gasteiger partial charge in [0, 0.05) is 16.6 Å². The molecule has 4 amide bonds. The van der Waals surface area contributed by atoms with Gasteiger partial charge >= 0.3 is 0 Å². The quantitative estimate of drug-likeness (QED) is 0.563. The number of nitrogens with two attached hydrogens (primary N) is 1. The molecule has 3 N–H and O–H groups in total. The first-order valence-electron chi connectivity index (χ1n) is 6.21. The molecule has 7 nitrogen and oxygen atoms in total. The van der Waals surface area contributed by atoms with Crippen LogP contribution in [-0.4, -0.2) is 34.6 Å². The largest absolute Gasteiger partial charge is 0.398 e. The maximum absolute atomic E-state index is 12.5. The molecule has 2 aliphatic rings. The number of fused-ring (bicyclic) bond motifs is 1. The van der Waals surface area contributed by atoms with Crippen LogP contribution in [0.25, 0.3) is 0 Å². The smallest absolute Gasteiger partial charge is 0.264 e. The lowest BCUT2D eigenvalue weighted by molar-refractivity contribution is -0.136. The van der Waals surface area contributed by atoms with E-state index >= 15 is 0 Å². The van der Waals surface area contributed by atoms with E-state index in [4.69, 9.17) is 5.73 Å². The van der Waals surface area contributed by atoms with Gasteiger partial charge in [0.2, 0.25) is 11.8 Å². The molecule has 2 aliphatic heterocycles. The van der Waals surface area contributed by atoms with Crippen molar-refractivity contribution in [1.82, 2.24) is 10.2 Å². The molecule has 1 fully saturated rings. The Bertz CT molecular complexity index is 675. The Balaban J connectivity index is 2.05. The summed E-state index contributed by atoms with van der Waals surface area (Å²) in [5, 5.41) is 2.14. The third kappa shape index (κ3) is 1.94. The van der Waals surface area contributed by atoms with Crippen molar-refractivity contribution in [2.75, 3.05) is 5.73 Å². The Morgan fingerprint density at radius 3 is 2.43 bits per heavy atom. The van der Waals surface area contributed by atoms with Gasteiger partial charge in [-0.05, 0) is 34.5 Å². The molecule has 8 heteroatoms. The van der Waals surface area contributed by atoms with Gasteiger partial charge in [-0.25, -0.2) is 0 Å². The van der Waals surface area contributed by atoms with Crippen LogP contribution in [0.15, 0.2) is 16.6 Å². The number of amides is 4. The zero-order chi connectivity index (χ0) is 15.3. The molecule has 0 aromatic heterocycles. The van der Waals surface area contributed by atoms with Crippen LogP contribution < -0.4 is 11.1 Å². The van der Waals surface area contributed by atoms with Gasteiger partial charge in [-0.1, -0.05) is 0 Å². The van der Waals surface area contributed by atoms with Gasteiger partial charge in [-0.15, -0.1) is 0 Å². The summed E-state index contributed by atoms with van der Waals surface area (Å²) >= 11 is 3.22. The number of carbonyl (C=O) groups excluding carboxylic acids is 4. The van der Waals surface area contributed by atoms with Crippen LogP contribution in [0.5, 0.6) is 0 Å². The molecule has 1 aromatic carbocycles. The van der Waals surface area contributed by atoms with E-state index < -0.39 is 29.7 Å². The van der Waals surface area contributed by atoms with Crippen molar-refractivity contribution in [3.8, 4) is 0 Å². The minimum absolute atomic E-state index is 0.0838. The summed E-state index contributed by atoms with van der Waals surface area (Å²) in [6, 6.07) is 2.11. The molecule has 0 radical (unpaired) electrons. The highest BCUT2D eigenvalue weighted by Crippen LogP contribution is 2.35. The number of imide groups is 2. The highest BCUT2D eigenvalue weighted by Gasteiger charge is 2.46. The van der Waals surface area contributed by atoms with Gasteiger partial charge in [0.25, 0.3) is 11.8 Å². The Morgan fingerprint density at radius 1 is 1.14 bits per heavy atom. The van der Waals surface area contributed by atoms with E-state index in [0.717, 1.165) is 4.90 Å². The van der Waals surface area contributed by atoms with Crippen LogP contribution in [0.1, 0.15) is 33.6 Å². The van der Waals surface area contributed by atoms with Gasteiger partial charge in [0.05, 0.1) is 11.1 Å². The van der Waals surface area contributed by atoms with Crippen molar-refractivity contribution >= 4 is 45.2 Å². The van der Waals surface area contributed by atoms with E-state index in [2.05, 4.69) is 21.2 Å². The fourth-order valence-electron chi connectivity index (χ4n) is 2.58. The third-order valence-corrected chi connectivity index (χ3v) is 4.23. The molecule has 1 unspecified atom stereocenters. The van der Waals surface area contributed by atoms with Crippen molar-refractivity contribution in [2.45, 2.75) is 18.9 Å². The average Bonchev–Trinajstić information content (AvgIpc) is 2.68. The molecule has 2 heterocycles. The molecule has 0 saturated carbocycles. The number of hydrogen-bond donors (Lipinski definition) is 2. The first-order valence-corrected chi connectivity index (χ1v) is 7.00. The standard InChI is InChI=1S/C13H10BrN3O4/c14-5-1-2-6(15)10-9(5)12(20)17(13(10)21)7-3-4-8(18)16-11(7)19/h1-2,7H,3-4,15H2,(H,16,18,19). The van der Waals surface area contributed by atoms with Crippen molar-refractivity contribution in [3.05, 3.63) is 27.7 Å². The maximum Gasteiger partial charge on any atom is 0.264 e. The number of piperidine rings is 1. The van der Waals surface area contributed by atoms with Gasteiger partial charge in [0.1, 0.15) is 6.04 Å². The number of halogens is 1. The number of benzene rings is 1. The first kappa shape index (κ1) is 13.7. The summed E-state index contributed by atoms with van der Waals surface area (Å²) in [6.45, 7) is 0. The average molecular weight is 352 g/mol. The number of hydrogen-bond acceptors (Lipinski definition) is 5. The van der Waals surface area contributed by atoms with E-state index in [0.29, 0.717) is 4.47 Å². The van der Waals surface area contributed by atoms with Crippen LogP contribution in [0, 0.1) is 0 Å². The third-order valence-electron chi connectivity index (χ3n) is 3.57. The lowest BCUT2D eigenvalue weighted by Crippen LogP contribution is -2.54. The van der Waals surface area contributed by atoms with Crippen LogP contribution in [0.4, 0.5) is 5.69 Å². The second-order valence-electron chi connectivity index (χ2n) is 4.83. The first-order chi connectivity index (χ1) is 9.91. The number of anilines is 1. The summed E-state index contributed by atoms with van der Waals surface area (Å²) in [4.78, 5) is 48.8. The van der Waals surface area contributed by atoms with Gasteiger partial charge < -0.3 is 5.73 Å². The van der Waals surface area contributed by atoms with E-state index in [1.54, 1.807) is 6.07 Å². The minimum atomic E-state index is -0.985. The molecular weight excluding hydrogens is 342 g/mol. The molecule has 108 valence electrons.